The van der Waals surface area contributed by atoms with Crippen LogP contribution in [0.5, 0.6) is 5.75 Å². The summed E-state index contributed by atoms with van der Waals surface area (Å²) in [5.74, 6) is -1.17. The predicted octanol–water partition coefficient (Wildman–Crippen LogP) is 7.07. The third kappa shape index (κ3) is 6.37. The van der Waals surface area contributed by atoms with Crippen LogP contribution in [0.3, 0.4) is 0 Å². The summed E-state index contributed by atoms with van der Waals surface area (Å²) >= 11 is 0. The van der Waals surface area contributed by atoms with E-state index in [2.05, 4.69) is 36.1 Å². The van der Waals surface area contributed by atoms with Gasteiger partial charge in [0.2, 0.25) is 0 Å². The van der Waals surface area contributed by atoms with Crippen LogP contribution in [-0.4, -0.2) is 46.3 Å². The SMILES string of the molecule is Cc1cccc(CCCN2CCc3nc(C)c(C(OC(C)(C)C)C(=O)O)c(-c4cc(F)c5c(c4C)CCCO5)c3C2)c1. The van der Waals surface area contributed by atoms with Crippen LogP contribution in [0.25, 0.3) is 11.1 Å². The molecule has 7 heteroatoms. The lowest BCUT2D eigenvalue weighted by Gasteiger charge is -2.34. The van der Waals surface area contributed by atoms with Crippen molar-refractivity contribution in [2.75, 3.05) is 19.7 Å². The zero-order chi connectivity index (χ0) is 30.2. The van der Waals surface area contributed by atoms with Crippen LogP contribution in [-0.2, 0) is 35.3 Å². The second kappa shape index (κ2) is 12.1. The maximum atomic E-state index is 15.6. The molecule has 1 aromatic heterocycles. The maximum Gasteiger partial charge on any atom is 0.337 e. The standard InChI is InChI=1S/C35H43FN2O4/c1-21-10-7-11-24(18-21)12-8-15-38-16-14-29-27(20-38)31(26-19-28(36)32-25(22(26)2)13-9-17-41-32)30(23(3)37-29)33(34(39)40)42-35(4,5)6/h7,10-11,18-19,33H,8-9,12-17,20H2,1-6H3,(H,39,40). The van der Waals surface area contributed by atoms with Gasteiger partial charge in [-0.05, 0) is 108 Å². The van der Waals surface area contributed by atoms with Crippen LogP contribution in [0, 0.1) is 26.6 Å². The van der Waals surface area contributed by atoms with Gasteiger partial charge in [0.15, 0.2) is 17.7 Å². The molecule has 0 spiro atoms. The molecule has 2 aromatic carbocycles. The predicted molar refractivity (Wildman–Crippen MR) is 163 cm³/mol. The minimum absolute atomic E-state index is 0.321. The maximum absolute atomic E-state index is 15.6. The number of hydrogen-bond donors (Lipinski definition) is 1. The number of aliphatic carboxylic acids is 1. The molecule has 42 heavy (non-hydrogen) atoms. The van der Waals surface area contributed by atoms with E-state index in [1.165, 1.54) is 17.2 Å². The second-order valence-electron chi connectivity index (χ2n) is 12.8. The van der Waals surface area contributed by atoms with Crippen LogP contribution in [0.1, 0.15) is 84.5 Å². The zero-order valence-corrected chi connectivity index (χ0v) is 25.8. The summed E-state index contributed by atoms with van der Waals surface area (Å²) in [5, 5.41) is 10.4. The van der Waals surface area contributed by atoms with E-state index in [1.54, 1.807) is 0 Å². The van der Waals surface area contributed by atoms with Gasteiger partial charge in [-0.3, -0.25) is 9.88 Å². The number of carboxylic acid groups (broad SMARTS) is 1. The fourth-order valence-corrected chi connectivity index (χ4v) is 6.46. The van der Waals surface area contributed by atoms with Gasteiger partial charge in [-0.1, -0.05) is 29.8 Å². The number of hydrogen-bond acceptors (Lipinski definition) is 5. The number of aromatic nitrogens is 1. The largest absolute Gasteiger partial charge is 0.490 e. The average molecular weight is 575 g/mol. The molecule has 1 unspecified atom stereocenters. The molecule has 0 fully saturated rings. The number of pyridine rings is 1. The molecule has 2 aliphatic rings. The van der Waals surface area contributed by atoms with Crippen molar-refractivity contribution in [2.45, 2.75) is 91.9 Å². The topological polar surface area (TPSA) is 71.9 Å². The molecule has 224 valence electrons. The summed E-state index contributed by atoms with van der Waals surface area (Å²) in [4.78, 5) is 20.1. The van der Waals surface area contributed by atoms with Crippen molar-refractivity contribution in [3.05, 3.63) is 80.9 Å². The fraction of sp³-hybridized carbons (Fsp3) is 0.486. The number of fused-ring (bicyclic) bond motifs is 2. The first-order valence-corrected chi connectivity index (χ1v) is 15.1. The molecule has 0 aliphatic carbocycles. The number of halogens is 1. The van der Waals surface area contributed by atoms with E-state index < -0.39 is 23.5 Å². The Morgan fingerprint density at radius 2 is 1.95 bits per heavy atom. The van der Waals surface area contributed by atoms with Gasteiger partial charge in [0.05, 0.1) is 12.2 Å². The molecule has 0 amide bonds. The van der Waals surface area contributed by atoms with Gasteiger partial charge in [0.1, 0.15) is 0 Å². The molecule has 5 rings (SSSR count). The van der Waals surface area contributed by atoms with Gasteiger partial charge in [-0.2, -0.15) is 0 Å². The molecule has 3 heterocycles. The van der Waals surface area contributed by atoms with Gasteiger partial charge < -0.3 is 14.6 Å². The molecule has 6 nitrogen and oxygen atoms in total. The van der Waals surface area contributed by atoms with E-state index in [0.717, 1.165) is 73.1 Å². The minimum atomic E-state index is -1.25. The van der Waals surface area contributed by atoms with Crippen molar-refractivity contribution in [1.29, 1.82) is 0 Å². The number of nitrogens with zero attached hydrogens (tertiary/aromatic N) is 2. The molecular weight excluding hydrogens is 531 g/mol. The Morgan fingerprint density at radius 3 is 2.67 bits per heavy atom. The molecular formula is C35H43FN2O4. The molecule has 2 aliphatic heterocycles. The molecule has 0 saturated carbocycles. The Morgan fingerprint density at radius 1 is 1.17 bits per heavy atom. The van der Waals surface area contributed by atoms with Crippen molar-refractivity contribution >= 4 is 5.97 Å². The van der Waals surface area contributed by atoms with Crippen molar-refractivity contribution < 1.29 is 23.8 Å². The van der Waals surface area contributed by atoms with Crippen LogP contribution in [0.4, 0.5) is 4.39 Å². The fourth-order valence-electron chi connectivity index (χ4n) is 6.46. The highest BCUT2D eigenvalue weighted by molar-refractivity contribution is 5.84. The van der Waals surface area contributed by atoms with E-state index in [0.29, 0.717) is 35.7 Å². The van der Waals surface area contributed by atoms with Gasteiger partial charge in [-0.25, -0.2) is 9.18 Å². The smallest absolute Gasteiger partial charge is 0.337 e. The van der Waals surface area contributed by atoms with Crippen molar-refractivity contribution in [3.63, 3.8) is 0 Å². The number of carbonyl (C=O) groups is 1. The molecule has 0 bridgehead atoms. The summed E-state index contributed by atoms with van der Waals surface area (Å²) in [6.07, 6.45) is 3.04. The third-order valence-corrected chi connectivity index (χ3v) is 8.34. The number of benzene rings is 2. The molecule has 0 saturated heterocycles. The first kappa shape index (κ1) is 30.2. The lowest BCUT2D eigenvalue weighted by molar-refractivity contribution is -0.160. The van der Waals surface area contributed by atoms with E-state index in [1.807, 2.05) is 34.6 Å². The summed E-state index contributed by atoms with van der Waals surface area (Å²) in [7, 11) is 0. The van der Waals surface area contributed by atoms with E-state index >= 15 is 4.39 Å². The molecule has 1 atom stereocenters. The van der Waals surface area contributed by atoms with Gasteiger partial charge in [-0.15, -0.1) is 0 Å². The average Bonchev–Trinajstić information content (AvgIpc) is 2.93. The Kier molecular flexibility index (Phi) is 8.72. The quantitative estimate of drug-likeness (QED) is 0.310. The van der Waals surface area contributed by atoms with Gasteiger partial charge in [0, 0.05) is 42.0 Å². The minimum Gasteiger partial charge on any atom is -0.490 e. The Labute approximate surface area is 248 Å². The van der Waals surface area contributed by atoms with E-state index in [4.69, 9.17) is 14.5 Å². The first-order valence-electron chi connectivity index (χ1n) is 15.1. The third-order valence-electron chi connectivity index (χ3n) is 8.34. The van der Waals surface area contributed by atoms with Crippen LogP contribution >= 0.6 is 0 Å². The number of ether oxygens (including phenoxy) is 2. The first-order chi connectivity index (χ1) is 19.9. The van der Waals surface area contributed by atoms with Gasteiger partial charge in [0.25, 0.3) is 0 Å². The lowest BCUT2D eigenvalue weighted by atomic mass is 9.83. The monoisotopic (exact) mass is 574 g/mol. The number of rotatable bonds is 8. The Balaban J connectivity index is 1.60. The highest BCUT2D eigenvalue weighted by Gasteiger charge is 2.36. The highest BCUT2D eigenvalue weighted by Crippen LogP contribution is 2.44. The second-order valence-corrected chi connectivity index (χ2v) is 12.8. The van der Waals surface area contributed by atoms with Crippen molar-refractivity contribution in [2.24, 2.45) is 0 Å². The lowest BCUT2D eigenvalue weighted by Crippen LogP contribution is -2.34. The highest BCUT2D eigenvalue weighted by atomic mass is 19.1. The normalized spacial score (nSPS) is 16.0. The van der Waals surface area contributed by atoms with Gasteiger partial charge >= 0.3 is 5.97 Å². The Bertz CT molecular complexity index is 1490. The molecule has 0 radical (unpaired) electrons. The van der Waals surface area contributed by atoms with Crippen LogP contribution < -0.4 is 4.74 Å². The van der Waals surface area contributed by atoms with Crippen LogP contribution in [0.15, 0.2) is 30.3 Å². The molecule has 3 aromatic rings. The Hall–Kier alpha value is -3.29. The number of aryl methyl sites for hydroxylation is 3. The summed E-state index contributed by atoms with van der Waals surface area (Å²) in [6.45, 7) is 14.4. The summed E-state index contributed by atoms with van der Waals surface area (Å²) in [5.41, 5.74) is 8.18. The summed E-state index contributed by atoms with van der Waals surface area (Å²) < 4.78 is 27.5. The van der Waals surface area contributed by atoms with Crippen LogP contribution in [0.2, 0.25) is 0 Å². The van der Waals surface area contributed by atoms with Crippen molar-refractivity contribution in [1.82, 2.24) is 9.88 Å². The van der Waals surface area contributed by atoms with Crippen molar-refractivity contribution in [3.8, 4) is 16.9 Å². The number of carboxylic acids is 1. The van der Waals surface area contributed by atoms with E-state index in [-0.39, 0.29) is 0 Å². The summed E-state index contributed by atoms with van der Waals surface area (Å²) in [6, 6.07) is 10.2. The molecule has 1 N–H and O–H groups in total. The zero-order valence-electron chi connectivity index (χ0n) is 25.8. The van der Waals surface area contributed by atoms with E-state index in [9.17, 15) is 9.90 Å².